The van der Waals surface area contributed by atoms with E-state index in [1.165, 1.54) is 0 Å². The predicted octanol–water partition coefficient (Wildman–Crippen LogP) is 0.315. The van der Waals surface area contributed by atoms with Gasteiger partial charge >= 0.3 is 0 Å². The second-order valence-electron chi connectivity index (χ2n) is 4.87. The number of hydroxylamine groups is 1. The van der Waals surface area contributed by atoms with Crippen molar-refractivity contribution in [2.24, 2.45) is 0 Å². The van der Waals surface area contributed by atoms with Crippen molar-refractivity contribution >= 4 is 34.5 Å². The van der Waals surface area contributed by atoms with Crippen molar-refractivity contribution in [3.8, 4) is 0 Å². The third-order valence-corrected chi connectivity index (χ3v) is 3.22. The highest BCUT2D eigenvalue weighted by Gasteiger charge is 2.08. The molecule has 0 spiro atoms. The van der Waals surface area contributed by atoms with Crippen LogP contribution in [0.4, 0.5) is 17.5 Å². The first kappa shape index (κ1) is 15.4. The normalized spacial score (nSPS) is 10.5. The van der Waals surface area contributed by atoms with E-state index in [4.69, 9.17) is 16.7 Å². The highest BCUT2D eigenvalue weighted by molar-refractivity contribution is 5.93. The number of aromatic nitrogens is 4. The quantitative estimate of drug-likeness (QED) is 0.335. The van der Waals surface area contributed by atoms with Gasteiger partial charge in [0.05, 0.1) is 18.4 Å². The molecule has 122 valence electrons. The van der Waals surface area contributed by atoms with Gasteiger partial charge in [0, 0.05) is 11.3 Å². The van der Waals surface area contributed by atoms with Gasteiger partial charge in [0.25, 0.3) is 5.91 Å². The van der Waals surface area contributed by atoms with Gasteiger partial charge in [-0.15, -0.1) is 0 Å². The molecule has 3 rings (SSSR count). The molecule has 0 bridgehead atoms. The molecular weight excluding hydrogens is 312 g/mol. The van der Waals surface area contributed by atoms with Crippen LogP contribution < -0.4 is 22.3 Å². The SMILES string of the molecule is Nc1nc(N)c2nc(CNc3ccc(C(=O)NO)cc3)cnc2n1. The number of anilines is 3. The number of hydrogen-bond acceptors (Lipinski definition) is 9. The van der Waals surface area contributed by atoms with Crippen LogP contribution in [-0.4, -0.2) is 31.1 Å². The smallest absolute Gasteiger partial charge is 0.274 e. The standard InChI is InChI=1S/C14H14N8O2/c15-11-10-12(21-14(16)20-11)18-6-9(19-10)5-17-8-3-1-7(2-4-8)13(23)22-24/h1-4,6,17,24H,5H2,(H,22,23)(H4,15,16,18,20,21). The first-order valence-electron chi connectivity index (χ1n) is 6.90. The van der Waals surface area contributed by atoms with E-state index in [2.05, 4.69) is 25.3 Å². The third-order valence-electron chi connectivity index (χ3n) is 3.22. The summed E-state index contributed by atoms with van der Waals surface area (Å²) >= 11 is 0. The molecule has 10 nitrogen and oxygen atoms in total. The molecule has 0 aliphatic carbocycles. The minimum atomic E-state index is -0.573. The molecule has 7 N–H and O–H groups in total. The molecule has 2 aromatic heterocycles. The van der Waals surface area contributed by atoms with Gasteiger partial charge in [-0.1, -0.05) is 0 Å². The number of benzene rings is 1. The van der Waals surface area contributed by atoms with Gasteiger partial charge in [-0.25, -0.2) is 15.4 Å². The second-order valence-corrected chi connectivity index (χ2v) is 4.87. The first-order valence-corrected chi connectivity index (χ1v) is 6.90. The van der Waals surface area contributed by atoms with Gasteiger partial charge in [-0.05, 0) is 24.3 Å². The molecule has 0 saturated carbocycles. The van der Waals surface area contributed by atoms with E-state index in [1.807, 2.05) is 0 Å². The molecule has 0 saturated heterocycles. The van der Waals surface area contributed by atoms with Crippen molar-refractivity contribution in [2.45, 2.75) is 6.54 Å². The van der Waals surface area contributed by atoms with Crippen LogP contribution in [0.3, 0.4) is 0 Å². The lowest BCUT2D eigenvalue weighted by Crippen LogP contribution is -2.18. The van der Waals surface area contributed by atoms with Crippen LogP contribution in [0, 0.1) is 0 Å². The Labute approximate surface area is 135 Å². The lowest BCUT2D eigenvalue weighted by Gasteiger charge is -2.08. The van der Waals surface area contributed by atoms with Crippen molar-refractivity contribution in [1.82, 2.24) is 25.4 Å². The van der Waals surface area contributed by atoms with Crippen molar-refractivity contribution in [3.05, 3.63) is 41.7 Å². The number of carbonyl (C=O) groups excluding carboxylic acids is 1. The number of fused-ring (bicyclic) bond motifs is 1. The maximum Gasteiger partial charge on any atom is 0.274 e. The number of nitrogens with one attached hydrogen (secondary N) is 2. The van der Waals surface area contributed by atoms with E-state index in [0.29, 0.717) is 29.0 Å². The molecule has 0 atom stereocenters. The van der Waals surface area contributed by atoms with Crippen LogP contribution in [-0.2, 0) is 6.54 Å². The summed E-state index contributed by atoms with van der Waals surface area (Å²) in [6.45, 7) is 0.387. The van der Waals surface area contributed by atoms with Crippen molar-refractivity contribution < 1.29 is 10.0 Å². The van der Waals surface area contributed by atoms with Gasteiger partial charge in [0.2, 0.25) is 5.95 Å². The number of nitrogens with zero attached hydrogens (tertiary/aromatic N) is 4. The van der Waals surface area contributed by atoms with Gasteiger partial charge in [0.1, 0.15) is 0 Å². The number of carbonyl (C=O) groups is 1. The van der Waals surface area contributed by atoms with Gasteiger partial charge in [-0.3, -0.25) is 10.0 Å². The first-order chi connectivity index (χ1) is 11.6. The minimum Gasteiger partial charge on any atom is -0.382 e. The van der Waals surface area contributed by atoms with E-state index in [0.717, 1.165) is 5.69 Å². The van der Waals surface area contributed by atoms with Gasteiger partial charge in [-0.2, -0.15) is 9.97 Å². The highest BCUT2D eigenvalue weighted by Crippen LogP contribution is 2.15. The molecule has 1 aromatic carbocycles. The Hall–Kier alpha value is -3.53. The Morgan fingerprint density at radius 2 is 1.88 bits per heavy atom. The maximum atomic E-state index is 11.3. The van der Waals surface area contributed by atoms with E-state index >= 15 is 0 Å². The number of amides is 1. The van der Waals surface area contributed by atoms with E-state index < -0.39 is 5.91 Å². The van der Waals surface area contributed by atoms with E-state index in [1.54, 1.807) is 35.9 Å². The Morgan fingerprint density at radius 3 is 2.58 bits per heavy atom. The average Bonchev–Trinajstić information content (AvgIpc) is 2.60. The fourth-order valence-corrected chi connectivity index (χ4v) is 2.06. The predicted molar refractivity (Wildman–Crippen MR) is 87.0 cm³/mol. The summed E-state index contributed by atoms with van der Waals surface area (Å²) in [7, 11) is 0. The Morgan fingerprint density at radius 1 is 1.12 bits per heavy atom. The molecule has 3 aromatic rings. The zero-order valence-electron chi connectivity index (χ0n) is 12.4. The summed E-state index contributed by atoms with van der Waals surface area (Å²) in [5.74, 6) is -0.352. The molecule has 0 aliphatic heterocycles. The highest BCUT2D eigenvalue weighted by atomic mass is 16.5. The van der Waals surface area contributed by atoms with Crippen LogP contribution in [0.25, 0.3) is 11.2 Å². The molecule has 0 radical (unpaired) electrons. The minimum absolute atomic E-state index is 0.0483. The molecule has 10 heteroatoms. The summed E-state index contributed by atoms with van der Waals surface area (Å²) in [5, 5.41) is 11.7. The fourth-order valence-electron chi connectivity index (χ4n) is 2.06. The van der Waals surface area contributed by atoms with Gasteiger partial charge in [0.15, 0.2) is 17.0 Å². The number of hydrogen-bond donors (Lipinski definition) is 5. The molecule has 24 heavy (non-hydrogen) atoms. The summed E-state index contributed by atoms with van der Waals surface area (Å²) in [6, 6.07) is 6.57. The summed E-state index contributed by atoms with van der Waals surface area (Å²) in [6.07, 6.45) is 1.56. The van der Waals surface area contributed by atoms with Crippen LogP contribution >= 0.6 is 0 Å². The Bertz CT molecular complexity index is 897. The Balaban J connectivity index is 1.74. The number of rotatable bonds is 4. The monoisotopic (exact) mass is 326 g/mol. The molecule has 0 fully saturated rings. The zero-order valence-corrected chi connectivity index (χ0v) is 12.4. The third kappa shape index (κ3) is 3.13. The number of nitrogens with two attached hydrogens (primary N) is 2. The molecule has 0 unspecified atom stereocenters. The van der Waals surface area contributed by atoms with E-state index in [9.17, 15) is 4.79 Å². The van der Waals surface area contributed by atoms with Crippen LogP contribution in [0.5, 0.6) is 0 Å². The van der Waals surface area contributed by atoms with Crippen LogP contribution in [0.15, 0.2) is 30.5 Å². The van der Waals surface area contributed by atoms with Crippen LogP contribution in [0.1, 0.15) is 16.1 Å². The average molecular weight is 326 g/mol. The molecule has 2 heterocycles. The molecular formula is C14H14N8O2. The number of nitrogen functional groups attached to an aromatic ring is 2. The van der Waals surface area contributed by atoms with Crippen LogP contribution in [0.2, 0.25) is 0 Å². The van der Waals surface area contributed by atoms with Gasteiger partial charge < -0.3 is 16.8 Å². The summed E-state index contributed by atoms with van der Waals surface area (Å²) in [5.41, 5.74) is 15.3. The Kier molecular flexibility index (Phi) is 4.03. The second kappa shape index (κ2) is 6.30. The molecule has 1 amide bonds. The topological polar surface area (TPSA) is 165 Å². The summed E-state index contributed by atoms with van der Waals surface area (Å²) < 4.78 is 0. The molecule has 0 aliphatic rings. The zero-order chi connectivity index (χ0) is 17.1. The van der Waals surface area contributed by atoms with E-state index in [-0.39, 0.29) is 11.8 Å². The van der Waals surface area contributed by atoms with Crippen molar-refractivity contribution in [1.29, 1.82) is 0 Å². The largest absolute Gasteiger partial charge is 0.382 e. The lowest BCUT2D eigenvalue weighted by atomic mass is 10.2. The fraction of sp³-hybridized carbons (Fsp3) is 0.0714. The maximum absolute atomic E-state index is 11.3. The summed E-state index contributed by atoms with van der Waals surface area (Å²) in [4.78, 5) is 27.6. The van der Waals surface area contributed by atoms with Crippen molar-refractivity contribution in [3.63, 3.8) is 0 Å². The van der Waals surface area contributed by atoms with Crippen molar-refractivity contribution in [2.75, 3.05) is 16.8 Å². The lowest BCUT2D eigenvalue weighted by molar-refractivity contribution is 0.0706.